The number of piperazine rings is 1. The van der Waals surface area contributed by atoms with E-state index < -0.39 is 0 Å². The Morgan fingerprint density at radius 3 is 2.24 bits per heavy atom. The molecule has 3 atom stereocenters. The Labute approximate surface area is 128 Å². The van der Waals surface area contributed by atoms with E-state index in [1.165, 1.54) is 0 Å². The Morgan fingerprint density at radius 1 is 1.24 bits per heavy atom. The first kappa shape index (κ1) is 16.3. The number of amides is 2. The van der Waals surface area contributed by atoms with Crippen molar-refractivity contribution in [3.05, 3.63) is 0 Å². The third-order valence-corrected chi connectivity index (χ3v) is 5.65. The zero-order valence-electron chi connectivity index (χ0n) is 14.1. The first-order valence-electron chi connectivity index (χ1n) is 8.51. The predicted molar refractivity (Wildman–Crippen MR) is 83.7 cm³/mol. The molecule has 0 spiro atoms. The van der Waals surface area contributed by atoms with Crippen LogP contribution >= 0.6 is 0 Å². The van der Waals surface area contributed by atoms with Gasteiger partial charge < -0.3 is 10.2 Å². The lowest BCUT2D eigenvalue weighted by Gasteiger charge is -2.56. The van der Waals surface area contributed by atoms with Crippen molar-refractivity contribution >= 4 is 11.8 Å². The fourth-order valence-electron chi connectivity index (χ4n) is 3.81. The summed E-state index contributed by atoms with van der Waals surface area (Å²) in [5.41, 5.74) is -0.0739. The van der Waals surface area contributed by atoms with Gasteiger partial charge in [0.05, 0.1) is 0 Å². The number of rotatable bonds is 5. The van der Waals surface area contributed by atoms with Crippen LogP contribution in [0.1, 0.15) is 66.7 Å². The fraction of sp³-hybridized carbons (Fsp3) is 0.882. The number of hydrogen-bond donors (Lipinski definition) is 1. The van der Waals surface area contributed by atoms with Crippen LogP contribution in [0.3, 0.4) is 0 Å². The third kappa shape index (κ3) is 2.58. The van der Waals surface area contributed by atoms with Crippen molar-refractivity contribution in [3.8, 4) is 0 Å². The van der Waals surface area contributed by atoms with Crippen molar-refractivity contribution in [1.82, 2.24) is 10.2 Å². The van der Waals surface area contributed by atoms with Crippen LogP contribution in [0.15, 0.2) is 0 Å². The van der Waals surface area contributed by atoms with Gasteiger partial charge in [-0.15, -0.1) is 0 Å². The second-order valence-electron chi connectivity index (χ2n) is 7.20. The molecule has 120 valence electrons. The SMILES string of the molecule is CCC(C)C1NC(=O)C(C(C)C)N(C2(CC)CCC2)C1=O. The summed E-state index contributed by atoms with van der Waals surface area (Å²) in [6.07, 6.45) is 5.09. The van der Waals surface area contributed by atoms with Crippen LogP contribution in [0.25, 0.3) is 0 Å². The molecule has 2 amide bonds. The Kier molecular flexibility index (Phi) is 4.64. The highest BCUT2D eigenvalue weighted by molar-refractivity contribution is 5.97. The van der Waals surface area contributed by atoms with Gasteiger partial charge >= 0.3 is 0 Å². The molecule has 1 heterocycles. The van der Waals surface area contributed by atoms with Crippen LogP contribution in [-0.2, 0) is 9.59 Å². The number of nitrogens with one attached hydrogen (secondary N) is 1. The molecule has 2 fully saturated rings. The topological polar surface area (TPSA) is 49.4 Å². The van der Waals surface area contributed by atoms with Crippen molar-refractivity contribution in [2.45, 2.75) is 84.3 Å². The molecule has 1 saturated carbocycles. The van der Waals surface area contributed by atoms with Crippen molar-refractivity contribution < 1.29 is 9.59 Å². The van der Waals surface area contributed by atoms with Gasteiger partial charge in [0.25, 0.3) is 0 Å². The van der Waals surface area contributed by atoms with Gasteiger partial charge in [0.1, 0.15) is 12.1 Å². The van der Waals surface area contributed by atoms with Crippen LogP contribution in [-0.4, -0.2) is 34.3 Å². The van der Waals surface area contributed by atoms with Crippen molar-refractivity contribution in [2.24, 2.45) is 11.8 Å². The van der Waals surface area contributed by atoms with E-state index in [0.717, 1.165) is 32.1 Å². The summed E-state index contributed by atoms with van der Waals surface area (Å²) in [6, 6.07) is -0.653. The van der Waals surface area contributed by atoms with Crippen LogP contribution in [0.4, 0.5) is 0 Å². The Bertz CT molecular complexity index is 410. The lowest BCUT2D eigenvalue weighted by atomic mass is 9.70. The lowest BCUT2D eigenvalue weighted by Crippen LogP contribution is -2.73. The quantitative estimate of drug-likeness (QED) is 0.847. The van der Waals surface area contributed by atoms with Gasteiger partial charge in [-0.25, -0.2) is 0 Å². The summed E-state index contributed by atoms with van der Waals surface area (Å²) in [4.78, 5) is 27.7. The Balaban J connectivity index is 2.38. The maximum Gasteiger partial charge on any atom is 0.246 e. The monoisotopic (exact) mass is 294 g/mol. The zero-order valence-corrected chi connectivity index (χ0v) is 14.1. The van der Waals surface area contributed by atoms with Crippen molar-refractivity contribution in [2.75, 3.05) is 0 Å². The molecular weight excluding hydrogens is 264 g/mol. The molecule has 0 aromatic carbocycles. The minimum absolute atomic E-state index is 0.0367. The summed E-state index contributed by atoms with van der Waals surface area (Å²) < 4.78 is 0. The summed E-state index contributed by atoms with van der Waals surface area (Å²) >= 11 is 0. The van der Waals surface area contributed by atoms with Gasteiger partial charge in [-0.05, 0) is 37.5 Å². The summed E-state index contributed by atoms with van der Waals surface area (Å²) in [6.45, 7) is 10.3. The molecule has 1 saturated heterocycles. The highest BCUT2D eigenvalue weighted by atomic mass is 16.2. The molecule has 4 nitrogen and oxygen atoms in total. The second-order valence-corrected chi connectivity index (χ2v) is 7.20. The first-order valence-corrected chi connectivity index (χ1v) is 8.51. The highest BCUT2D eigenvalue weighted by Crippen LogP contribution is 2.44. The van der Waals surface area contributed by atoms with Gasteiger partial charge in [-0.2, -0.15) is 0 Å². The van der Waals surface area contributed by atoms with Crippen LogP contribution in [0.2, 0.25) is 0 Å². The van der Waals surface area contributed by atoms with Crippen molar-refractivity contribution in [3.63, 3.8) is 0 Å². The molecule has 3 unspecified atom stereocenters. The number of carbonyl (C=O) groups is 2. The van der Waals surface area contributed by atoms with Crippen molar-refractivity contribution in [1.29, 1.82) is 0 Å². The maximum absolute atomic E-state index is 13.1. The molecule has 2 aliphatic rings. The minimum Gasteiger partial charge on any atom is -0.342 e. The van der Waals surface area contributed by atoms with Gasteiger partial charge in [-0.1, -0.05) is 41.0 Å². The molecule has 0 bridgehead atoms. The summed E-state index contributed by atoms with van der Waals surface area (Å²) in [5.74, 6) is 0.515. The van der Waals surface area contributed by atoms with Crippen LogP contribution in [0.5, 0.6) is 0 Å². The highest BCUT2D eigenvalue weighted by Gasteiger charge is 2.53. The Morgan fingerprint density at radius 2 is 1.86 bits per heavy atom. The van der Waals surface area contributed by atoms with E-state index >= 15 is 0 Å². The van der Waals surface area contributed by atoms with E-state index in [4.69, 9.17) is 0 Å². The van der Waals surface area contributed by atoms with Crippen LogP contribution < -0.4 is 5.32 Å². The minimum atomic E-state index is -0.346. The molecule has 0 radical (unpaired) electrons. The molecule has 1 aliphatic heterocycles. The summed E-state index contributed by atoms with van der Waals surface area (Å²) in [5, 5.41) is 2.99. The predicted octanol–water partition coefficient (Wildman–Crippen LogP) is 2.72. The molecule has 4 heteroatoms. The van der Waals surface area contributed by atoms with E-state index in [2.05, 4.69) is 26.1 Å². The van der Waals surface area contributed by atoms with Gasteiger partial charge in [-0.3, -0.25) is 9.59 Å². The molecule has 1 aliphatic carbocycles. The summed E-state index contributed by atoms with van der Waals surface area (Å²) in [7, 11) is 0. The Hall–Kier alpha value is -1.06. The number of carbonyl (C=O) groups excluding carboxylic acids is 2. The molecule has 1 N–H and O–H groups in total. The lowest BCUT2D eigenvalue weighted by molar-refractivity contribution is -0.166. The third-order valence-electron chi connectivity index (χ3n) is 5.65. The number of hydrogen-bond acceptors (Lipinski definition) is 2. The van der Waals surface area contributed by atoms with E-state index in [-0.39, 0.29) is 41.3 Å². The zero-order chi connectivity index (χ0) is 15.8. The van der Waals surface area contributed by atoms with Gasteiger partial charge in [0, 0.05) is 5.54 Å². The van der Waals surface area contributed by atoms with Gasteiger partial charge in [0.2, 0.25) is 11.8 Å². The largest absolute Gasteiger partial charge is 0.342 e. The maximum atomic E-state index is 13.1. The first-order chi connectivity index (χ1) is 9.88. The van der Waals surface area contributed by atoms with E-state index in [1.54, 1.807) is 0 Å². The van der Waals surface area contributed by atoms with Gasteiger partial charge in [0.15, 0.2) is 0 Å². The van der Waals surface area contributed by atoms with E-state index in [1.807, 2.05) is 18.7 Å². The van der Waals surface area contributed by atoms with E-state index in [9.17, 15) is 9.59 Å². The molecule has 0 aromatic heterocycles. The standard InChI is InChI=1S/C17H30N2O2/c1-6-12(5)13-16(21)19(17(7-2)9-8-10-17)14(11(3)4)15(20)18-13/h11-14H,6-10H2,1-5H3,(H,18,20). The molecule has 0 aromatic rings. The molecule has 2 rings (SSSR count). The molecular formula is C17H30N2O2. The second kappa shape index (κ2) is 5.98. The number of nitrogens with zero attached hydrogens (tertiary/aromatic N) is 1. The van der Waals surface area contributed by atoms with Crippen LogP contribution in [0, 0.1) is 11.8 Å². The average molecular weight is 294 g/mol. The fourth-order valence-corrected chi connectivity index (χ4v) is 3.81. The molecule has 21 heavy (non-hydrogen) atoms. The van der Waals surface area contributed by atoms with E-state index in [0.29, 0.717) is 0 Å². The smallest absolute Gasteiger partial charge is 0.246 e. The average Bonchev–Trinajstić information content (AvgIpc) is 2.40. The normalized spacial score (nSPS) is 30.1.